The average Bonchev–Trinajstić information content (AvgIpc) is 3.42. The van der Waals surface area contributed by atoms with Crippen LogP contribution in [0.2, 0.25) is 0 Å². The van der Waals surface area contributed by atoms with E-state index in [2.05, 4.69) is 15.6 Å². The number of allylic oxidation sites excluding steroid dienone is 1. The molecule has 1 aromatic heterocycles. The Labute approximate surface area is 210 Å². The molecule has 2 amide bonds. The molecule has 10 heteroatoms. The van der Waals surface area contributed by atoms with Gasteiger partial charge in [-0.3, -0.25) is 14.4 Å². The number of nitrogens with zero attached hydrogens (tertiary/aromatic N) is 4. The molecule has 0 bridgehead atoms. The summed E-state index contributed by atoms with van der Waals surface area (Å²) in [7, 11) is 0. The molecular weight excluding hydrogens is 462 g/mol. The van der Waals surface area contributed by atoms with Crippen molar-refractivity contribution in [1.82, 2.24) is 25.2 Å². The summed E-state index contributed by atoms with van der Waals surface area (Å²) >= 11 is 0. The zero-order valence-corrected chi connectivity index (χ0v) is 20.9. The molecule has 4 rings (SSSR count). The first-order valence-corrected chi connectivity index (χ1v) is 12.8. The van der Waals surface area contributed by atoms with Gasteiger partial charge in [0.2, 0.25) is 11.8 Å². The van der Waals surface area contributed by atoms with Crippen LogP contribution in [0.3, 0.4) is 0 Å². The molecule has 1 saturated heterocycles. The van der Waals surface area contributed by atoms with Crippen LogP contribution in [0.15, 0.2) is 36.4 Å². The van der Waals surface area contributed by atoms with Gasteiger partial charge in [0.25, 0.3) is 0 Å². The number of hydrogen-bond acceptors (Lipinski definition) is 7. The van der Waals surface area contributed by atoms with Crippen LogP contribution in [0.4, 0.5) is 0 Å². The van der Waals surface area contributed by atoms with E-state index in [1.54, 1.807) is 16.5 Å². The van der Waals surface area contributed by atoms with Crippen LogP contribution in [0, 0.1) is 23.7 Å². The van der Waals surface area contributed by atoms with Crippen molar-refractivity contribution in [3.05, 3.63) is 36.4 Å². The number of benzene rings is 1. The molecule has 2 aliphatic rings. The number of carbonyl (C=O) groups excluding carboxylic acids is 3. The van der Waals surface area contributed by atoms with Crippen LogP contribution in [0.1, 0.15) is 39.5 Å². The van der Waals surface area contributed by atoms with Crippen molar-refractivity contribution in [1.29, 1.82) is 0 Å². The van der Waals surface area contributed by atoms with E-state index in [1.165, 1.54) is 0 Å². The highest BCUT2D eigenvalue weighted by Crippen LogP contribution is 2.45. The summed E-state index contributed by atoms with van der Waals surface area (Å²) in [4.78, 5) is 41.9. The third-order valence-electron chi connectivity index (χ3n) is 7.19. The van der Waals surface area contributed by atoms with Gasteiger partial charge < -0.3 is 20.1 Å². The lowest BCUT2D eigenvalue weighted by Gasteiger charge is -2.33. The number of amides is 2. The van der Waals surface area contributed by atoms with Crippen LogP contribution in [0.5, 0.6) is 0 Å². The number of nitrogens with one attached hydrogen (secondary N) is 1. The quantitative estimate of drug-likeness (QED) is 0.276. The maximum absolute atomic E-state index is 13.7. The Balaban J connectivity index is 1.61. The van der Waals surface area contributed by atoms with E-state index in [-0.39, 0.29) is 43.6 Å². The molecule has 0 saturated carbocycles. The molecule has 1 aromatic carbocycles. The Morgan fingerprint density at radius 1 is 1.17 bits per heavy atom. The third-order valence-corrected chi connectivity index (χ3v) is 7.19. The van der Waals surface area contributed by atoms with Crippen LogP contribution in [0.25, 0.3) is 11.0 Å². The summed E-state index contributed by atoms with van der Waals surface area (Å²) in [5, 5.41) is 20.4. The number of unbranched alkanes of at least 4 members (excludes halogenated alkanes) is 1. The molecular formula is C26H35N5O5. The molecule has 0 radical (unpaired) electrons. The lowest BCUT2D eigenvalue weighted by molar-refractivity contribution is -0.155. The Kier molecular flexibility index (Phi) is 8.35. The van der Waals surface area contributed by atoms with Gasteiger partial charge in [0.15, 0.2) is 0 Å². The van der Waals surface area contributed by atoms with E-state index < -0.39 is 23.8 Å². The SMILES string of the molecule is CCC[C@@H]1C=C[C@H]2[C@@H](C(=O)N(CCCCO)[C@@H]2C(=O)NCn2nnc3ccccc32)[C@@H]1C(=O)OCC. The number of aromatic nitrogens is 3. The molecule has 194 valence electrons. The zero-order valence-electron chi connectivity index (χ0n) is 20.9. The fraction of sp³-hybridized carbons (Fsp3) is 0.577. The largest absolute Gasteiger partial charge is 0.466 e. The van der Waals surface area contributed by atoms with Gasteiger partial charge in [-0.25, -0.2) is 4.68 Å². The van der Waals surface area contributed by atoms with Gasteiger partial charge in [-0.05, 0) is 44.2 Å². The number of esters is 1. The van der Waals surface area contributed by atoms with Gasteiger partial charge in [0.05, 0.1) is 24.0 Å². The predicted molar refractivity (Wildman–Crippen MR) is 132 cm³/mol. The number of likely N-dealkylation sites (tertiary alicyclic amines) is 1. The Hall–Kier alpha value is -3.27. The maximum atomic E-state index is 13.7. The number of ether oxygens (including phenoxy) is 1. The van der Waals surface area contributed by atoms with Gasteiger partial charge in [-0.1, -0.05) is 42.8 Å². The Bertz CT molecular complexity index is 1120. The van der Waals surface area contributed by atoms with E-state index in [9.17, 15) is 19.5 Å². The summed E-state index contributed by atoms with van der Waals surface area (Å²) < 4.78 is 6.99. The minimum Gasteiger partial charge on any atom is -0.466 e. The topological polar surface area (TPSA) is 127 Å². The van der Waals surface area contributed by atoms with Crippen LogP contribution >= 0.6 is 0 Å². The summed E-state index contributed by atoms with van der Waals surface area (Å²) in [6, 6.07) is 6.71. The first-order valence-electron chi connectivity index (χ1n) is 12.8. The number of aliphatic hydroxyl groups excluding tert-OH is 1. The number of para-hydroxylation sites is 1. The molecule has 2 heterocycles. The molecule has 1 aliphatic heterocycles. The van der Waals surface area contributed by atoms with Crippen molar-refractivity contribution in [3.63, 3.8) is 0 Å². The molecule has 1 fully saturated rings. The highest BCUT2D eigenvalue weighted by molar-refractivity contribution is 5.96. The highest BCUT2D eigenvalue weighted by Gasteiger charge is 2.57. The van der Waals surface area contributed by atoms with Gasteiger partial charge in [-0.2, -0.15) is 0 Å². The number of fused-ring (bicyclic) bond motifs is 2. The first kappa shape index (κ1) is 25.8. The van der Waals surface area contributed by atoms with Gasteiger partial charge in [0, 0.05) is 19.1 Å². The number of carbonyl (C=O) groups is 3. The predicted octanol–water partition coefficient (Wildman–Crippen LogP) is 1.89. The van der Waals surface area contributed by atoms with Gasteiger partial charge >= 0.3 is 5.97 Å². The number of hydrogen-bond donors (Lipinski definition) is 2. The van der Waals surface area contributed by atoms with E-state index in [4.69, 9.17) is 4.74 Å². The lowest BCUT2D eigenvalue weighted by Crippen LogP contribution is -2.48. The molecule has 10 nitrogen and oxygen atoms in total. The summed E-state index contributed by atoms with van der Waals surface area (Å²) in [5.41, 5.74) is 1.52. The smallest absolute Gasteiger partial charge is 0.310 e. The van der Waals surface area contributed by atoms with E-state index in [0.717, 1.165) is 23.9 Å². The molecule has 2 N–H and O–H groups in total. The van der Waals surface area contributed by atoms with Crippen LogP contribution < -0.4 is 5.32 Å². The minimum atomic E-state index is -0.758. The molecule has 5 atom stereocenters. The fourth-order valence-electron chi connectivity index (χ4n) is 5.59. The van der Waals surface area contributed by atoms with Crippen molar-refractivity contribution in [2.45, 2.75) is 52.2 Å². The molecule has 36 heavy (non-hydrogen) atoms. The summed E-state index contributed by atoms with van der Waals surface area (Å²) in [6.45, 7) is 4.48. The van der Waals surface area contributed by atoms with Crippen molar-refractivity contribution >= 4 is 28.8 Å². The van der Waals surface area contributed by atoms with Crippen molar-refractivity contribution in [2.24, 2.45) is 23.7 Å². The molecule has 1 aliphatic carbocycles. The Morgan fingerprint density at radius 2 is 1.97 bits per heavy atom. The second kappa shape index (κ2) is 11.6. The van der Waals surface area contributed by atoms with Crippen molar-refractivity contribution in [2.75, 3.05) is 19.8 Å². The zero-order chi connectivity index (χ0) is 25.7. The van der Waals surface area contributed by atoms with Crippen LogP contribution in [-0.2, 0) is 25.8 Å². The average molecular weight is 498 g/mol. The van der Waals surface area contributed by atoms with Gasteiger partial charge in [-0.15, -0.1) is 5.10 Å². The van der Waals surface area contributed by atoms with Crippen molar-refractivity contribution < 1.29 is 24.2 Å². The lowest BCUT2D eigenvalue weighted by atomic mass is 9.69. The highest BCUT2D eigenvalue weighted by atomic mass is 16.5. The Morgan fingerprint density at radius 3 is 2.72 bits per heavy atom. The van der Waals surface area contributed by atoms with E-state index >= 15 is 0 Å². The summed E-state index contributed by atoms with van der Waals surface area (Å²) in [6.07, 6.45) is 6.64. The normalized spacial score (nSPS) is 25.2. The van der Waals surface area contributed by atoms with Crippen LogP contribution in [-0.4, -0.2) is 68.6 Å². The van der Waals surface area contributed by atoms with Gasteiger partial charge in [0.1, 0.15) is 18.2 Å². The van der Waals surface area contributed by atoms with Crippen molar-refractivity contribution in [3.8, 4) is 0 Å². The molecule has 2 aromatic rings. The fourth-order valence-corrected chi connectivity index (χ4v) is 5.59. The van der Waals surface area contributed by atoms with E-state index in [1.807, 2.05) is 43.3 Å². The number of aliphatic hydroxyl groups is 1. The third kappa shape index (κ3) is 5.00. The molecule has 0 spiro atoms. The molecule has 0 unspecified atom stereocenters. The summed E-state index contributed by atoms with van der Waals surface area (Å²) in [5.74, 6) is -2.71. The second-order valence-electron chi connectivity index (χ2n) is 9.40. The maximum Gasteiger partial charge on any atom is 0.310 e. The first-order chi connectivity index (χ1) is 17.5. The minimum absolute atomic E-state index is 0.00898. The standard InChI is InChI=1S/C26H35N5O5/c1-3-9-17-12-13-18-22(21(17)26(35)36-4-2)25(34)30(14-7-8-15-32)23(18)24(33)27-16-31-20-11-6-5-10-19(20)28-29-31/h5-6,10-13,17-18,21-23,32H,3-4,7-9,14-16H2,1-2H3,(H,27,33)/t17-,18+,21-,22-,23+/m1/s1. The van der Waals surface area contributed by atoms with E-state index in [0.29, 0.717) is 19.4 Å². The monoisotopic (exact) mass is 497 g/mol. The number of rotatable bonds is 11. The second-order valence-corrected chi connectivity index (χ2v) is 9.40.